The Morgan fingerprint density at radius 1 is 1.28 bits per heavy atom. The SMILES string of the molecule is [B]C1CN(N2CCC(C(C)C)CC2)C(=O)NC1=O. The molecule has 2 rings (SSSR count). The third-order valence-electron chi connectivity index (χ3n) is 3.97. The smallest absolute Gasteiger partial charge is 0.277 e. The van der Waals surface area contributed by atoms with Gasteiger partial charge in [0.25, 0.3) is 0 Å². The number of nitrogens with zero attached hydrogens (tertiary/aromatic N) is 2. The Morgan fingerprint density at radius 2 is 1.89 bits per heavy atom. The molecule has 18 heavy (non-hydrogen) atoms. The highest BCUT2D eigenvalue weighted by molar-refractivity contribution is 6.26. The zero-order chi connectivity index (χ0) is 13.3. The number of rotatable bonds is 2. The number of amides is 3. The van der Waals surface area contributed by atoms with Crippen LogP contribution in [0.1, 0.15) is 26.7 Å². The summed E-state index contributed by atoms with van der Waals surface area (Å²) < 4.78 is 0. The summed E-state index contributed by atoms with van der Waals surface area (Å²) in [6, 6.07) is -0.343. The van der Waals surface area contributed by atoms with Crippen LogP contribution in [-0.4, -0.2) is 49.4 Å². The first-order valence-corrected chi connectivity index (χ1v) is 6.62. The molecule has 6 heteroatoms. The molecule has 2 fully saturated rings. The van der Waals surface area contributed by atoms with Crippen LogP contribution in [0.15, 0.2) is 0 Å². The van der Waals surface area contributed by atoms with E-state index in [0.717, 1.165) is 31.8 Å². The van der Waals surface area contributed by atoms with Gasteiger partial charge in [0.15, 0.2) is 0 Å². The summed E-state index contributed by atoms with van der Waals surface area (Å²) in [5.41, 5.74) is 0. The van der Waals surface area contributed by atoms with Crippen LogP contribution in [0.3, 0.4) is 0 Å². The molecule has 0 aliphatic carbocycles. The molecule has 2 saturated heterocycles. The Balaban J connectivity index is 1.93. The molecule has 0 spiro atoms. The van der Waals surface area contributed by atoms with Gasteiger partial charge in [-0.2, -0.15) is 0 Å². The lowest BCUT2D eigenvalue weighted by Crippen LogP contribution is -2.60. The van der Waals surface area contributed by atoms with Crippen molar-refractivity contribution < 1.29 is 9.59 Å². The Kier molecular flexibility index (Phi) is 3.95. The van der Waals surface area contributed by atoms with Gasteiger partial charge in [0.2, 0.25) is 5.91 Å². The largest absolute Gasteiger partial charge is 0.338 e. The molecule has 2 aliphatic rings. The highest BCUT2D eigenvalue weighted by Crippen LogP contribution is 2.26. The standard InChI is InChI=1S/C12H20BN3O2/c1-8(2)9-3-5-15(6-4-9)16-7-10(13)11(17)14-12(16)18/h8-10H,3-7H2,1-2H3,(H,14,17,18). The lowest BCUT2D eigenvalue weighted by molar-refractivity contribution is -0.124. The quantitative estimate of drug-likeness (QED) is 0.736. The van der Waals surface area contributed by atoms with Gasteiger partial charge >= 0.3 is 6.03 Å². The topological polar surface area (TPSA) is 52.6 Å². The minimum atomic E-state index is -0.620. The molecule has 0 aromatic carbocycles. The maximum atomic E-state index is 11.8. The number of piperidine rings is 1. The number of hydrogen-bond donors (Lipinski definition) is 1. The number of urea groups is 1. The molecule has 0 saturated carbocycles. The van der Waals surface area contributed by atoms with Gasteiger partial charge in [0.05, 0.1) is 7.85 Å². The summed E-state index contributed by atoms with van der Waals surface area (Å²) in [5.74, 6) is 0.411. The molecule has 0 bridgehead atoms. The zero-order valence-corrected chi connectivity index (χ0v) is 11.1. The number of hydrazine groups is 1. The molecule has 2 radical (unpaired) electrons. The fraction of sp³-hybridized carbons (Fsp3) is 0.833. The van der Waals surface area contributed by atoms with Crippen molar-refractivity contribution in [2.24, 2.45) is 11.8 Å². The van der Waals surface area contributed by atoms with E-state index in [0.29, 0.717) is 5.92 Å². The third-order valence-corrected chi connectivity index (χ3v) is 3.97. The van der Waals surface area contributed by atoms with Crippen molar-refractivity contribution in [2.75, 3.05) is 19.6 Å². The van der Waals surface area contributed by atoms with Gasteiger partial charge in [-0.1, -0.05) is 13.8 Å². The summed E-state index contributed by atoms with van der Waals surface area (Å²) in [6.45, 7) is 6.48. The maximum Gasteiger partial charge on any atom is 0.338 e. The summed E-state index contributed by atoms with van der Waals surface area (Å²) in [7, 11) is 5.68. The summed E-state index contributed by atoms with van der Waals surface area (Å²) in [4.78, 5) is 23.0. The van der Waals surface area contributed by atoms with E-state index >= 15 is 0 Å². The van der Waals surface area contributed by atoms with Crippen molar-refractivity contribution in [1.82, 2.24) is 15.3 Å². The van der Waals surface area contributed by atoms with Crippen molar-refractivity contribution in [1.29, 1.82) is 0 Å². The minimum Gasteiger partial charge on any atom is -0.277 e. The first-order chi connectivity index (χ1) is 8.49. The van der Waals surface area contributed by atoms with E-state index in [1.807, 2.05) is 5.01 Å². The Hall–Kier alpha value is -1.04. The van der Waals surface area contributed by atoms with Crippen LogP contribution in [0, 0.1) is 11.8 Å². The fourth-order valence-electron chi connectivity index (χ4n) is 2.65. The third kappa shape index (κ3) is 2.69. The fourth-order valence-corrected chi connectivity index (χ4v) is 2.65. The van der Waals surface area contributed by atoms with Crippen LogP contribution >= 0.6 is 0 Å². The minimum absolute atomic E-state index is 0.289. The Bertz CT molecular complexity index is 340. The first-order valence-electron chi connectivity index (χ1n) is 6.62. The average molecular weight is 249 g/mol. The van der Waals surface area contributed by atoms with E-state index < -0.39 is 5.82 Å². The van der Waals surface area contributed by atoms with Gasteiger partial charge in [-0.3, -0.25) is 15.1 Å². The van der Waals surface area contributed by atoms with Gasteiger partial charge in [-0.25, -0.2) is 9.80 Å². The van der Waals surface area contributed by atoms with Gasteiger partial charge < -0.3 is 0 Å². The van der Waals surface area contributed by atoms with Crippen LogP contribution in [0.2, 0.25) is 5.82 Å². The van der Waals surface area contributed by atoms with Crippen LogP contribution in [-0.2, 0) is 4.79 Å². The monoisotopic (exact) mass is 249 g/mol. The Labute approximate surface area is 109 Å². The van der Waals surface area contributed by atoms with E-state index in [-0.39, 0.29) is 18.5 Å². The predicted octanol–water partition coefficient (Wildman–Crippen LogP) is 0.778. The zero-order valence-electron chi connectivity index (χ0n) is 11.1. The maximum absolute atomic E-state index is 11.8. The highest BCUT2D eigenvalue weighted by Gasteiger charge is 2.34. The second-order valence-corrected chi connectivity index (χ2v) is 5.52. The van der Waals surface area contributed by atoms with Crippen molar-refractivity contribution in [2.45, 2.75) is 32.5 Å². The number of nitrogens with one attached hydrogen (secondary N) is 1. The average Bonchev–Trinajstić information content (AvgIpc) is 2.34. The van der Waals surface area contributed by atoms with E-state index in [2.05, 4.69) is 19.2 Å². The van der Waals surface area contributed by atoms with Crippen molar-refractivity contribution in [3.63, 3.8) is 0 Å². The Morgan fingerprint density at radius 3 is 2.44 bits per heavy atom. The molecular formula is C12H20BN3O2. The molecule has 98 valence electrons. The van der Waals surface area contributed by atoms with Crippen molar-refractivity contribution in [3.8, 4) is 0 Å². The molecule has 0 aromatic heterocycles. The lowest BCUT2D eigenvalue weighted by Gasteiger charge is -2.43. The van der Waals surface area contributed by atoms with Crippen LogP contribution in [0.4, 0.5) is 4.79 Å². The predicted molar refractivity (Wildman–Crippen MR) is 68.9 cm³/mol. The van der Waals surface area contributed by atoms with E-state index in [1.165, 1.54) is 0 Å². The number of imide groups is 1. The highest BCUT2D eigenvalue weighted by atomic mass is 16.2. The molecule has 5 nitrogen and oxygen atoms in total. The number of carbonyl (C=O) groups is 2. The van der Waals surface area contributed by atoms with E-state index in [9.17, 15) is 9.59 Å². The van der Waals surface area contributed by atoms with Gasteiger partial charge in [-0.05, 0) is 24.7 Å². The lowest BCUT2D eigenvalue weighted by atomic mass is 9.85. The normalized spacial score (nSPS) is 27.7. The molecule has 1 atom stereocenters. The van der Waals surface area contributed by atoms with Crippen molar-refractivity contribution in [3.05, 3.63) is 0 Å². The summed E-state index contributed by atoms with van der Waals surface area (Å²) in [5, 5.41) is 5.89. The molecule has 2 aliphatic heterocycles. The van der Waals surface area contributed by atoms with Gasteiger partial charge in [-0.15, -0.1) is 0 Å². The molecular weight excluding hydrogens is 229 g/mol. The van der Waals surface area contributed by atoms with E-state index in [4.69, 9.17) is 7.85 Å². The summed E-state index contributed by atoms with van der Waals surface area (Å²) >= 11 is 0. The summed E-state index contributed by atoms with van der Waals surface area (Å²) in [6.07, 6.45) is 2.18. The van der Waals surface area contributed by atoms with Gasteiger partial charge in [0, 0.05) is 25.5 Å². The molecule has 1 unspecified atom stereocenters. The number of carbonyl (C=O) groups excluding carboxylic acids is 2. The van der Waals surface area contributed by atoms with Crippen molar-refractivity contribution >= 4 is 19.8 Å². The van der Waals surface area contributed by atoms with Crippen LogP contribution in [0.5, 0.6) is 0 Å². The first kappa shape index (κ1) is 13.4. The number of hydrogen-bond acceptors (Lipinski definition) is 3. The molecule has 1 N–H and O–H groups in total. The van der Waals surface area contributed by atoms with Gasteiger partial charge in [0.1, 0.15) is 0 Å². The second-order valence-electron chi connectivity index (χ2n) is 5.52. The molecule has 0 aromatic rings. The second kappa shape index (κ2) is 5.30. The molecule has 2 heterocycles. The van der Waals surface area contributed by atoms with Crippen LogP contribution < -0.4 is 5.32 Å². The van der Waals surface area contributed by atoms with Crippen LogP contribution in [0.25, 0.3) is 0 Å². The van der Waals surface area contributed by atoms with E-state index in [1.54, 1.807) is 5.01 Å². The molecule has 3 amide bonds.